The van der Waals surface area contributed by atoms with Crippen LogP contribution in [-0.2, 0) is 19.2 Å². The molecule has 0 bridgehead atoms. The summed E-state index contributed by atoms with van der Waals surface area (Å²) in [5.41, 5.74) is 1.74. The largest absolute Gasteiger partial charge is 0.126 e. The summed E-state index contributed by atoms with van der Waals surface area (Å²) in [5.74, 6) is 0. The summed E-state index contributed by atoms with van der Waals surface area (Å²) < 4.78 is 0. The Morgan fingerprint density at radius 1 is 0.857 bits per heavy atom. The van der Waals surface area contributed by atoms with Gasteiger partial charge in [0, 0.05) is 0 Å². The summed E-state index contributed by atoms with van der Waals surface area (Å²) >= 11 is 1.81. The van der Waals surface area contributed by atoms with E-state index in [-0.39, 0.29) is 39.7 Å². The van der Waals surface area contributed by atoms with Gasteiger partial charge in [0.15, 0.2) is 0 Å². The molecular weight excluding hydrogens is 435 g/mol. The van der Waals surface area contributed by atoms with Crippen LogP contribution in [0.1, 0.15) is 27.2 Å². The predicted octanol–water partition coefficient (Wildman–Crippen LogP) is 7.79. The Morgan fingerprint density at radius 3 is 1.61 bits per heavy atom. The van der Waals surface area contributed by atoms with Crippen LogP contribution in [0.15, 0.2) is 72.3 Å². The van der Waals surface area contributed by atoms with Gasteiger partial charge in [0.2, 0.25) is 0 Å². The van der Waals surface area contributed by atoms with Crippen molar-refractivity contribution >= 4 is 54.0 Å². The summed E-state index contributed by atoms with van der Waals surface area (Å²) in [6, 6.07) is 19.3. The van der Waals surface area contributed by atoms with Gasteiger partial charge in [-0.1, -0.05) is 62.6 Å². The molecule has 0 aromatic heterocycles. The van der Waals surface area contributed by atoms with Crippen molar-refractivity contribution in [1.29, 1.82) is 0 Å². The first kappa shape index (κ1) is 32.0. The number of rotatable bonds is 0. The number of fused-ring (bicyclic) bond motifs is 3. The van der Waals surface area contributed by atoms with Crippen LogP contribution in [0.2, 0.25) is 0 Å². The minimum atomic E-state index is 0. The Morgan fingerprint density at radius 2 is 1.29 bits per heavy atom. The molecule has 0 fully saturated rings. The summed E-state index contributed by atoms with van der Waals surface area (Å²) in [6.45, 7) is 6.67. The Balaban J connectivity index is -0.000000378. The molecule has 0 spiro atoms. The fourth-order valence-electron chi connectivity index (χ4n) is 2.82. The van der Waals surface area contributed by atoms with Crippen LogP contribution >= 0.6 is 24.8 Å². The maximum atomic E-state index is 3.16. The summed E-state index contributed by atoms with van der Waals surface area (Å²) in [4.78, 5) is 0. The monoisotopic (exact) mass is 464 g/mol. The normalized spacial score (nSPS) is 11.1. The van der Waals surface area contributed by atoms with Gasteiger partial charge >= 0.3 is 26.8 Å². The van der Waals surface area contributed by atoms with Crippen LogP contribution in [0.4, 0.5) is 0 Å². The molecule has 0 aliphatic heterocycles. The molecule has 28 heavy (non-hydrogen) atoms. The van der Waals surface area contributed by atoms with E-state index in [4.69, 9.17) is 0 Å². The molecule has 0 N–H and O–H groups in total. The fraction of sp³-hybridized carbons (Fsp3) is 0.208. The smallest absolute Gasteiger partial charge is 0.0771 e. The van der Waals surface area contributed by atoms with E-state index in [0.717, 1.165) is 6.42 Å². The minimum absolute atomic E-state index is 0. The number of benzene rings is 2. The Bertz CT molecular complexity index is 823. The Labute approximate surface area is 198 Å². The van der Waals surface area contributed by atoms with Gasteiger partial charge in [0.25, 0.3) is 0 Å². The third kappa shape index (κ3) is 8.35. The van der Waals surface area contributed by atoms with Crippen LogP contribution in [-0.4, -0.2) is 7.63 Å². The number of halogens is 2. The molecule has 4 rings (SSSR count). The predicted molar refractivity (Wildman–Crippen MR) is 130 cm³/mol. The second kappa shape index (κ2) is 15.2. The quantitative estimate of drug-likeness (QED) is 0.235. The van der Waals surface area contributed by atoms with Crippen molar-refractivity contribution in [1.82, 2.24) is 0 Å². The molecule has 0 atom stereocenters. The molecule has 0 saturated carbocycles. The summed E-state index contributed by atoms with van der Waals surface area (Å²) in [7, 11) is 2.97. The van der Waals surface area contributed by atoms with E-state index in [1.54, 1.807) is 19.2 Å². The van der Waals surface area contributed by atoms with Crippen molar-refractivity contribution < 1.29 is 19.2 Å². The first-order valence-corrected chi connectivity index (χ1v) is 11.0. The third-order valence-electron chi connectivity index (χ3n) is 4.09. The van der Waals surface area contributed by atoms with Gasteiger partial charge < -0.3 is 14.9 Å². The molecular formula is C24H30Cl2SiTi-4. The molecule has 0 nitrogen and oxygen atoms in total. The molecule has 152 valence electrons. The Hall–Kier alpha value is -0.699. The number of hydrogen-bond acceptors (Lipinski definition) is 0. The van der Waals surface area contributed by atoms with E-state index in [1.165, 1.54) is 27.1 Å². The minimum Gasteiger partial charge on any atom is -0.126 e. The van der Waals surface area contributed by atoms with E-state index in [1.807, 2.05) is 0 Å². The zero-order chi connectivity index (χ0) is 17.6. The molecule has 3 aromatic rings. The SMILES string of the molecule is CC(C)(C)C1=CC[C-]=C1.Cl.Cl.[CH3-].[CH3-].[Si]=[Ti].c1ccc2c(c1)[cH-]c1ccccc12. The van der Waals surface area contributed by atoms with Crippen LogP contribution in [0.3, 0.4) is 0 Å². The fourth-order valence-corrected chi connectivity index (χ4v) is 2.82. The first-order chi connectivity index (χ1) is 11.6. The first-order valence-electron chi connectivity index (χ1n) is 8.11. The zero-order valence-electron chi connectivity index (χ0n) is 17.4. The van der Waals surface area contributed by atoms with Crippen molar-refractivity contribution in [2.75, 3.05) is 0 Å². The van der Waals surface area contributed by atoms with Gasteiger partial charge in [-0.2, -0.15) is 11.6 Å². The third-order valence-corrected chi connectivity index (χ3v) is 4.09. The van der Waals surface area contributed by atoms with Crippen molar-refractivity contribution in [2.45, 2.75) is 27.2 Å². The van der Waals surface area contributed by atoms with E-state index in [9.17, 15) is 0 Å². The van der Waals surface area contributed by atoms with Gasteiger partial charge in [-0.25, -0.2) is 6.08 Å². The maximum absolute atomic E-state index is 3.16. The van der Waals surface area contributed by atoms with E-state index in [2.05, 4.69) is 101 Å². The summed E-state index contributed by atoms with van der Waals surface area (Å²) in [5, 5.41) is 5.39. The molecule has 0 saturated heterocycles. The van der Waals surface area contributed by atoms with Gasteiger partial charge in [0.1, 0.15) is 0 Å². The van der Waals surface area contributed by atoms with Crippen molar-refractivity contribution in [3.8, 4) is 0 Å². The number of hydrogen-bond donors (Lipinski definition) is 0. The van der Waals surface area contributed by atoms with Crippen LogP contribution in [0.5, 0.6) is 0 Å². The molecule has 4 heteroatoms. The van der Waals surface area contributed by atoms with Crippen LogP contribution < -0.4 is 0 Å². The Kier molecular flexibility index (Phi) is 17.3. The number of allylic oxidation sites excluding steroid dienone is 4. The van der Waals surface area contributed by atoms with Gasteiger partial charge in [-0.05, 0) is 0 Å². The summed E-state index contributed by atoms with van der Waals surface area (Å²) in [6.07, 6.45) is 8.50. The molecule has 3 aromatic carbocycles. The van der Waals surface area contributed by atoms with Crippen molar-refractivity contribution in [3.05, 3.63) is 93.3 Å². The molecule has 1 aliphatic carbocycles. The standard InChI is InChI=1S/C13H9.C9H13.2CH3.2ClH.Si.Ti/c1-3-7-12-10(5-1)9-11-6-2-4-8-13(11)12;1-9(2,3)8-6-4-5-7-8;;;;;;/h1-9H;6-7H,4H2,1-3H3;2*1H3;2*1H;;/q4*-1;;;;. The maximum Gasteiger partial charge on any atom is -0.0771 e. The van der Waals surface area contributed by atoms with Crippen molar-refractivity contribution in [3.63, 3.8) is 0 Å². The second-order valence-corrected chi connectivity index (χ2v) is 6.78. The average molecular weight is 465 g/mol. The second-order valence-electron chi connectivity index (χ2n) is 6.78. The molecule has 0 heterocycles. The van der Waals surface area contributed by atoms with Gasteiger partial charge in [-0.3, -0.25) is 6.08 Å². The molecule has 0 amide bonds. The molecule has 0 unspecified atom stereocenters. The topological polar surface area (TPSA) is 0 Å². The van der Waals surface area contributed by atoms with Crippen molar-refractivity contribution in [2.24, 2.45) is 5.41 Å². The average Bonchev–Trinajstić information content (AvgIpc) is 3.25. The molecule has 2 radical (unpaired) electrons. The van der Waals surface area contributed by atoms with E-state index >= 15 is 0 Å². The van der Waals surface area contributed by atoms with E-state index < -0.39 is 0 Å². The van der Waals surface area contributed by atoms with Gasteiger partial charge in [-0.15, -0.1) is 71.0 Å². The van der Waals surface area contributed by atoms with Crippen LogP contribution in [0.25, 0.3) is 21.5 Å². The zero-order valence-corrected chi connectivity index (χ0v) is 21.6. The van der Waals surface area contributed by atoms with Crippen LogP contribution in [0, 0.1) is 26.3 Å². The van der Waals surface area contributed by atoms with E-state index in [0.29, 0.717) is 5.41 Å². The molecule has 1 aliphatic rings. The van der Waals surface area contributed by atoms with Gasteiger partial charge in [0.05, 0.1) is 0 Å².